The standard InChI is InChI=1S/C13H12BrN3O3/c1-16-10-4-5-20-7-9(10)12(18)17(13(16)19)11-3-2-8(14)6-15-11/h2-3,6H,4-5,7H2,1H3. The minimum absolute atomic E-state index is 0.235. The van der Waals surface area contributed by atoms with Crippen molar-refractivity contribution in [3.8, 4) is 5.82 Å². The Labute approximate surface area is 122 Å². The summed E-state index contributed by atoms with van der Waals surface area (Å²) in [6, 6.07) is 3.37. The van der Waals surface area contributed by atoms with Gasteiger partial charge in [0.25, 0.3) is 5.56 Å². The second-order valence-corrected chi connectivity index (χ2v) is 5.46. The Morgan fingerprint density at radius 3 is 2.85 bits per heavy atom. The molecule has 0 aromatic carbocycles. The highest BCUT2D eigenvalue weighted by Crippen LogP contribution is 2.12. The number of fused-ring (bicyclic) bond motifs is 1. The van der Waals surface area contributed by atoms with Crippen LogP contribution in [0.5, 0.6) is 0 Å². The van der Waals surface area contributed by atoms with E-state index in [1.54, 1.807) is 25.4 Å². The van der Waals surface area contributed by atoms with Crippen molar-refractivity contribution in [2.45, 2.75) is 13.0 Å². The Hall–Kier alpha value is -1.73. The lowest BCUT2D eigenvalue weighted by Gasteiger charge is -2.20. The van der Waals surface area contributed by atoms with Gasteiger partial charge in [-0.2, -0.15) is 0 Å². The topological polar surface area (TPSA) is 66.1 Å². The molecule has 0 bridgehead atoms. The third kappa shape index (κ3) is 2.03. The van der Waals surface area contributed by atoms with Crippen LogP contribution in [-0.4, -0.2) is 20.7 Å². The van der Waals surface area contributed by atoms with Gasteiger partial charge < -0.3 is 4.74 Å². The molecule has 0 unspecified atom stereocenters. The van der Waals surface area contributed by atoms with Gasteiger partial charge in [0.15, 0.2) is 0 Å². The van der Waals surface area contributed by atoms with Crippen molar-refractivity contribution in [3.05, 3.63) is 54.9 Å². The summed E-state index contributed by atoms with van der Waals surface area (Å²) < 4.78 is 8.70. The van der Waals surface area contributed by atoms with Crippen LogP contribution in [0.4, 0.5) is 0 Å². The maximum Gasteiger partial charge on any atom is 0.336 e. The van der Waals surface area contributed by atoms with Crippen molar-refractivity contribution in [1.82, 2.24) is 14.1 Å². The summed E-state index contributed by atoms with van der Waals surface area (Å²) in [7, 11) is 1.67. The molecule has 20 heavy (non-hydrogen) atoms. The maximum atomic E-state index is 12.5. The predicted octanol–water partition coefficient (Wildman–Crippen LogP) is 0.766. The monoisotopic (exact) mass is 337 g/mol. The Morgan fingerprint density at radius 2 is 2.15 bits per heavy atom. The van der Waals surface area contributed by atoms with Gasteiger partial charge in [0, 0.05) is 29.8 Å². The van der Waals surface area contributed by atoms with Gasteiger partial charge >= 0.3 is 5.69 Å². The van der Waals surface area contributed by atoms with E-state index in [0.29, 0.717) is 24.4 Å². The molecule has 0 saturated carbocycles. The van der Waals surface area contributed by atoms with Crippen LogP contribution in [0.25, 0.3) is 5.82 Å². The maximum absolute atomic E-state index is 12.5. The van der Waals surface area contributed by atoms with Crippen LogP contribution in [0.3, 0.4) is 0 Å². The fourth-order valence-corrected chi connectivity index (χ4v) is 2.56. The van der Waals surface area contributed by atoms with Crippen molar-refractivity contribution in [1.29, 1.82) is 0 Å². The molecule has 6 nitrogen and oxygen atoms in total. The second kappa shape index (κ2) is 4.99. The number of aromatic nitrogens is 3. The van der Waals surface area contributed by atoms with E-state index in [1.807, 2.05) is 0 Å². The Balaban J connectivity index is 2.32. The lowest BCUT2D eigenvalue weighted by Crippen LogP contribution is -2.43. The first kappa shape index (κ1) is 13.3. The third-order valence-electron chi connectivity index (χ3n) is 3.36. The van der Waals surface area contributed by atoms with Gasteiger partial charge in [-0.25, -0.2) is 14.3 Å². The van der Waals surface area contributed by atoms with E-state index >= 15 is 0 Å². The van der Waals surface area contributed by atoms with Crippen LogP contribution in [-0.2, 0) is 24.8 Å². The highest BCUT2D eigenvalue weighted by Gasteiger charge is 2.21. The quantitative estimate of drug-likeness (QED) is 0.770. The molecule has 0 saturated heterocycles. The van der Waals surface area contributed by atoms with Gasteiger partial charge in [0.05, 0.1) is 18.8 Å². The van der Waals surface area contributed by atoms with Crippen LogP contribution < -0.4 is 11.2 Å². The smallest absolute Gasteiger partial charge is 0.336 e. The molecule has 7 heteroatoms. The van der Waals surface area contributed by atoms with Crippen molar-refractivity contribution in [2.24, 2.45) is 7.05 Å². The number of rotatable bonds is 1. The lowest BCUT2D eigenvalue weighted by molar-refractivity contribution is 0.106. The molecule has 0 amide bonds. The van der Waals surface area contributed by atoms with Crippen LogP contribution in [0.2, 0.25) is 0 Å². The van der Waals surface area contributed by atoms with E-state index in [-0.39, 0.29) is 17.9 Å². The molecule has 0 radical (unpaired) electrons. The Kier molecular flexibility index (Phi) is 3.31. The van der Waals surface area contributed by atoms with Crippen LogP contribution in [0.1, 0.15) is 11.3 Å². The van der Waals surface area contributed by atoms with Gasteiger partial charge in [-0.1, -0.05) is 0 Å². The molecule has 1 aliphatic heterocycles. The summed E-state index contributed by atoms with van der Waals surface area (Å²) in [6.45, 7) is 0.763. The Bertz CT molecular complexity index is 777. The highest BCUT2D eigenvalue weighted by molar-refractivity contribution is 9.10. The predicted molar refractivity (Wildman–Crippen MR) is 76.1 cm³/mol. The summed E-state index contributed by atoms with van der Waals surface area (Å²) in [5.41, 5.74) is 0.547. The zero-order chi connectivity index (χ0) is 14.3. The van der Waals surface area contributed by atoms with Gasteiger partial charge in [-0.3, -0.25) is 9.36 Å². The molecular weight excluding hydrogens is 326 g/mol. The number of ether oxygens (including phenoxy) is 1. The lowest BCUT2D eigenvalue weighted by atomic mass is 10.1. The van der Waals surface area contributed by atoms with Gasteiger partial charge in [0.1, 0.15) is 5.82 Å². The normalized spacial score (nSPS) is 14.1. The minimum Gasteiger partial charge on any atom is -0.376 e. The van der Waals surface area contributed by atoms with E-state index in [4.69, 9.17) is 4.74 Å². The number of pyridine rings is 1. The molecule has 3 rings (SSSR count). The highest BCUT2D eigenvalue weighted by atomic mass is 79.9. The zero-order valence-electron chi connectivity index (χ0n) is 10.8. The molecule has 104 valence electrons. The largest absolute Gasteiger partial charge is 0.376 e. The third-order valence-corrected chi connectivity index (χ3v) is 3.83. The van der Waals surface area contributed by atoms with E-state index in [9.17, 15) is 9.59 Å². The summed E-state index contributed by atoms with van der Waals surface area (Å²) in [4.78, 5) is 29.0. The van der Waals surface area contributed by atoms with Crippen molar-refractivity contribution in [2.75, 3.05) is 6.61 Å². The molecule has 0 aliphatic carbocycles. The average Bonchev–Trinajstić information content (AvgIpc) is 2.47. The van der Waals surface area contributed by atoms with Crippen LogP contribution in [0, 0.1) is 0 Å². The summed E-state index contributed by atoms with van der Waals surface area (Å²) in [5, 5.41) is 0. The van der Waals surface area contributed by atoms with Crippen molar-refractivity contribution >= 4 is 15.9 Å². The molecular formula is C13H12BrN3O3. The molecule has 0 spiro atoms. The molecule has 0 atom stereocenters. The summed E-state index contributed by atoms with van der Waals surface area (Å²) in [6.07, 6.45) is 2.13. The molecule has 0 fully saturated rings. The van der Waals surface area contributed by atoms with Gasteiger partial charge in [0.2, 0.25) is 0 Å². The van der Waals surface area contributed by atoms with E-state index in [2.05, 4.69) is 20.9 Å². The van der Waals surface area contributed by atoms with E-state index < -0.39 is 0 Å². The fourth-order valence-electron chi connectivity index (χ4n) is 2.32. The minimum atomic E-state index is -0.384. The first-order chi connectivity index (χ1) is 9.59. The van der Waals surface area contributed by atoms with E-state index in [1.165, 1.54) is 4.57 Å². The van der Waals surface area contributed by atoms with Crippen molar-refractivity contribution in [3.63, 3.8) is 0 Å². The van der Waals surface area contributed by atoms with Crippen LogP contribution >= 0.6 is 15.9 Å². The molecule has 1 aliphatic rings. The molecule has 2 aromatic rings. The molecule has 3 heterocycles. The second-order valence-electron chi connectivity index (χ2n) is 4.54. The number of halogens is 1. The molecule has 0 N–H and O–H groups in total. The Morgan fingerprint density at radius 1 is 1.35 bits per heavy atom. The number of nitrogens with zero attached hydrogens (tertiary/aromatic N) is 3. The SMILES string of the molecule is Cn1c2c(c(=O)n(-c3ccc(Br)cn3)c1=O)COCC2. The summed E-state index contributed by atoms with van der Waals surface area (Å²) >= 11 is 3.28. The van der Waals surface area contributed by atoms with Crippen LogP contribution in [0.15, 0.2) is 32.4 Å². The van der Waals surface area contributed by atoms with E-state index in [0.717, 1.165) is 14.7 Å². The number of hydrogen-bond donors (Lipinski definition) is 0. The summed E-state index contributed by atoms with van der Waals surface area (Å²) in [5.74, 6) is 0.312. The average molecular weight is 338 g/mol. The fraction of sp³-hybridized carbons (Fsp3) is 0.308. The zero-order valence-corrected chi connectivity index (χ0v) is 12.4. The molecule has 2 aromatic heterocycles. The first-order valence-electron chi connectivity index (χ1n) is 6.13. The van der Waals surface area contributed by atoms with Gasteiger partial charge in [-0.05, 0) is 28.1 Å². The number of hydrogen-bond acceptors (Lipinski definition) is 4. The van der Waals surface area contributed by atoms with Crippen molar-refractivity contribution < 1.29 is 4.74 Å². The van der Waals surface area contributed by atoms with Gasteiger partial charge in [-0.15, -0.1) is 0 Å². The first-order valence-corrected chi connectivity index (χ1v) is 6.92.